The molecular weight excluding hydrogens is 270 g/mol. The molecule has 0 radical (unpaired) electrons. The molecule has 3 heteroatoms. The highest BCUT2D eigenvalue weighted by atomic mass is 15.2. The molecule has 0 unspecified atom stereocenters. The first-order chi connectivity index (χ1) is 10.8. The van der Waals surface area contributed by atoms with E-state index in [1.54, 1.807) is 0 Å². The summed E-state index contributed by atoms with van der Waals surface area (Å²) in [6, 6.07) is 9.33. The van der Waals surface area contributed by atoms with Gasteiger partial charge in [0.15, 0.2) is 0 Å². The fraction of sp³-hybridized carbons (Fsp3) is 0.579. The summed E-state index contributed by atoms with van der Waals surface area (Å²) in [6.07, 6.45) is 5.23. The van der Waals surface area contributed by atoms with Crippen molar-refractivity contribution in [3.05, 3.63) is 35.5 Å². The van der Waals surface area contributed by atoms with Gasteiger partial charge in [-0.1, -0.05) is 44.4 Å². The first-order valence-corrected chi connectivity index (χ1v) is 8.83. The summed E-state index contributed by atoms with van der Waals surface area (Å²) in [7, 11) is 0. The molecule has 1 aliphatic rings. The normalized spacial score (nSPS) is 17.9. The van der Waals surface area contributed by atoms with Crippen molar-refractivity contribution < 1.29 is 0 Å². The molecule has 0 spiro atoms. The minimum atomic E-state index is 0.560. The SMILES string of the molecule is CCCCC[C@@H](c1c(C)[nH]c2ccccc12)N1CCNCC1. The van der Waals surface area contributed by atoms with Gasteiger partial charge in [0.05, 0.1) is 0 Å². The van der Waals surface area contributed by atoms with Gasteiger partial charge >= 0.3 is 0 Å². The van der Waals surface area contributed by atoms with Crippen molar-refractivity contribution in [1.82, 2.24) is 15.2 Å². The molecule has 2 aromatic rings. The Morgan fingerprint density at radius 3 is 2.68 bits per heavy atom. The molecule has 1 fully saturated rings. The van der Waals surface area contributed by atoms with Crippen LogP contribution < -0.4 is 5.32 Å². The summed E-state index contributed by atoms with van der Waals surface area (Å²) >= 11 is 0. The van der Waals surface area contributed by atoms with E-state index in [0.717, 1.165) is 26.2 Å². The first-order valence-electron chi connectivity index (χ1n) is 8.83. The van der Waals surface area contributed by atoms with Crippen molar-refractivity contribution in [3.63, 3.8) is 0 Å². The molecule has 22 heavy (non-hydrogen) atoms. The highest BCUT2D eigenvalue weighted by Crippen LogP contribution is 2.35. The van der Waals surface area contributed by atoms with E-state index in [-0.39, 0.29) is 0 Å². The average Bonchev–Trinajstić information content (AvgIpc) is 2.88. The van der Waals surface area contributed by atoms with E-state index in [1.165, 1.54) is 47.8 Å². The van der Waals surface area contributed by atoms with Crippen LogP contribution in [0.15, 0.2) is 24.3 Å². The van der Waals surface area contributed by atoms with Crippen molar-refractivity contribution in [2.24, 2.45) is 0 Å². The number of fused-ring (bicyclic) bond motifs is 1. The van der Waals surface area contributed by atoms with Crippen LogP contribution in [0.2, 0.25) is 0 Å². The largest absolute Gasteiger partial charge is 0.358 e. The third-order valence-corrected chi connectivity index (χ3v) is 4.95. The molecule has 1 saturated heterocycles. The van der Waals surface area contributed by atoms with Gasteiger partial charge in [-0.3, -0.25) is 4.90 Å². The Kier molecular flexibility index (Phi) is 5.16. The summed E-state index contributed by atoms with van der Waals surface area (Å²) < 4.78 is 0. The summed E-state index contributed by atoms with van der Waals surface area (Å²) in [5.41, 5.74) is 4.17. The second-order valence-corrected chi connectivity index (χ2v) is 6.51. The number of rotatable bonds is 6. The molecule has 0 aliphatic carbocycles. The Balaban J connectivity index is 1.93. The first kappa shape index (κ1) is 15.6. The van der Waals surface area contributed by atoms with Crippen LogP contribution in [-0.4, -0.2) is 36.1 Å². The van der Waals surface area contributed by atoms with Gasteiger partial charge in [0.25, 0.3) is 0 Å². The number of unbranched alkanes of at least 4 members (excludes halogenated alkanes) is 2. The molecule has 2 N–H and O–H groups in total. The van der Waals surface area contributed by atoms with Crippen LogP contribution in [0.1, 0.15) is 49.9 Å². The zero-order valence-corrected chi connectivity index (χ0v) is 14.0. The Morgan fingerprint density at radius 2 is 1.91 bits per heavy atom. The predicted octanol–water partition coefficient (Wildman–Crippen LogP) is 4.00. The van der Waals surface area contributed by atoms with Crippen molar-refractivity contribution in [1.29, 1.82) is 0 Å². The van der Waals surface area contributed by atoms with Crippen LogP contribution in [-0.2, 0) is 0 Å². The van der Waals surface area contributed by atoms with Crippen LogP contribution in [0.5, 0.6) is 0 Å². The zero-order chi connectivity index (χ0) is 15.4. The van der Waals surface area contributed by atoms with E-state index >= 15 is 0 Å². The summed E-state index contributed by atoms with van der Waals surface area (Å²) in [4.78, 5) is 6.28. The number of H-pyrrole nitrogens is 1. The highest BCUT2D eigenvalue weighted by molar-refractivity contribution is 5.85. The maximum Gasteiger partial charge on any atom is 0.0459 e. The van der Waals surface area contributed by atoms with Crippen LogP contribution in [0, 0.1) is 6.92 Å². The van der Waals surface area contributed by atoms with Gasteiger partial charge in [-0.15, -0.1) is 0 Å². The molecule has 2 heterocycles. The van der Waals surface area contributed by atoms with Gasteiger partial charge in [-0.25, -0.2) is 0 Å². The predicted molar refractivity (Wildman–Crippen MR) is 94.4 cm³/mol. The van der Waals surface area contributed by atoms with Gasteiger partial charge in [-0.2, -0.15) is 0 Å². The number of nitrogens with zero attached hydrogens (tertiary/aromatic N) is 1. The average molecular weight is 299 g/mol. The van der Waals surface area contributed by atoms with Gasteiger partial charge in [-0.05, 0) is 25.0 Å². The van der Waals surface area contributed by atoms with Crippen molar-refractivity contribution in [2.75, 3.05) is 26.2 Å². The molecule has 120 valence electrons. The Labute approximate surface area is 134 Å². The van der Waals surface area contributed by atoms with Crippen molar-refractivity contribution >= 4 is 10.9 Å². The van der Waals surface area contributed by atoms with Gasteiger partial charge in [0.1, 0.15) is 0 Å². The lowest BCUT2D eigenvalue weighted by molar-refractivity contribution is 0.163. The van der Waals surface area contributed by atoms with Crippen LogP contribution in [0.25, 0.3) is 10.9 Å². The van der Waals surface area contributed by atoms with E-state index < -0.39 is 0 Å². The zero-order valence-electron chi connectivity index (χ0n) is 14.0. The molecule has 1 aromatic carbocycles. The Morgan fingerprint density at radius 1 is 1.14 bits per heavy atom. The smallest absolute Gasteiger partial charge is 0.0459 e. The standard InChI is InChI=1S/C19H29N3/c1-3-4-5-10-18(22-13-11-20-12-14-22)19-15(2)21-17-9-7-6-8-16(17)19/h6-9,18,20-21H,3-5,10-14H2,1-2H3/t18-/m0/s1. The Hall–Kier alpha value is -1.32. The molecule has 3 rings (SSSR count). The molecule has 3 nitrogen and oxygen atoms in total. The maximum atomic E-state index is 3.59. The van der Waals surface area contributed by atoms with E-state index in [4.69, 9.17) is 0 Å². The quantitative estimate of drug-likeness (QED) is 0.790. The number of aromatic nitrogens is 1. The van der Waals surface area contributed by atoms with Crippen molar-refractivity contribution in [3.8, 4) is 0 Å². The van der Waals surface area contributed by atoms with E-state index in [9.17, 15) is 0 Å². The van der Waals surface area contributed by atoms with Gasteiger partial charge in [0.2, 0.25) is 0 Å². The number of nitrogens with one attached hydrogen (secondary N) is 2. The van der Waals surface area contributed by atoms with Crippen molar-refractivity contribution in [2.45, 2.75) is 45.6 Å². The lowest BCUT2D eigenvalue weighted by Gasteiger charge is -2.35. The molecule has 1 atom stereocenters. The third kappa shape index (κ3) is 3.21. The summed E-state index contributed by atoms with van der Waals surface area (Å²) in [5.74, 6) is 0. The number of aromatic amines is 1. The van der Waals surface area contributed by atoms with Crippen LogP contribution in [0.3, 0.4) is 0 Å². The number of para-hydroxylation sites is 1. The number of hydrogen-bond acceptors (Lipinski definition) is 2. The number of benzene rings is 1. The van der Waals surface area contributed by atoms with Gasteiger partial charge in [0, 0.05) is 48.8 Å². The highest BCUT2D eigenvalue weighted by Gasteiger charge is 2.25. The Bertz CT molecular complexity index is 596. The second-order valence-electron chi connectivity index (χ2n) is 6.51. The number of piperazine rings is 1. The van der Waals surface area contributed by atoms with E-state index in [0.29, 0.717) is 6.04 Å². The van der Waals surface area contributed by atoms with Gasteiger partial charge < -0.3 is 10.3 Å². The van der Waals surface area contributed by atoms with E-state index in [1.807, 2.05) is 0 Å². The molecule has 0 saturated carbocycles. The summed E-state index contributed by atoms with van der Waals surface area (Å²) in [6.45, 7) is 9.09. The molecule has 0 bridgehead atoms. The topological polar surface area (TPSA) is 31.1 Å². The third-order valence-electron chi connectivity index (χ3n) is 4.95. The molecular formula is C19H29N3. The van der Waals surface area contributed by atoms with E-state index in [2.05, 4.69) is 53.3 Å². The number of aryl methyl sites for hydroxylation is 1. The summed E-state index contributed by atoms with van der Waals surface area (Å²) in [5, 5.41) is 4.90. The molecule has 0 amide bonds. The fourth-order valence-corrected chi connectivity index (χ4v) is 3.82. The molecule has 1 aromatic heterocycles. The minimum Gasteiger partial charge on any atom is -0.358 e. The number of hydrogen-bond donors (Lipinski definition) is 2. The maximum absolute atomic E-state index is 3.59. The van der Waals surface area contributed by atoms with Crippen LogP contribution >= 0.6 is 0 Å². The lowest BCUT2D eigenvalue weighted by atomic mass is 9.95. The fourth-order valence-electron chi connectivity index (χ4n) is 3.82. The monoisotopic (exact) mass is 299 g/mol. The molecule has 1 aliphatic heterocycles. The second kappa shape index (κ2) is 7.30. The van der Waals surface area contributed by atoms with Crippen LogP contribution in [0.4, 0.5) is 0 Å². The minimum absolute atomic E-state index is 0.560. The lowest BCUT2D eigenvalue weighted by Crippen LogP contribution is -2.45.